The maximum absolute atomic E-state index is 12.1. The Kier molecular flexibility index (Phi) is 4.83. The molecule has 2 rings (SSSR count). The van der Waals surface area contributed by atoms with Gasteiger partial charge in [-0.15, -0.1) is 0 Å². The van der Waals surface area contributed by atoms with Crippen LogP contribution in [0.15, 0.2) is 24.3 Å². The summed E-state index contributed by atoms with van der Waals surface area (Å²) in [6.07, 6.45) is 1.74. The van der Waals surface area contributed by atoms with Gasteiger partial charge in [-0.05, 0) is 25.0 Å². The van der Waals surface area contributed by atoms with Crippen LogP contribution in [0.2, 0.25) is 0 Å². The second-order valence-electron chi connectivity index (χ2n) is 4.75. The fourth-order valence-corrected chi connectivity index (χ4v) is 2.28. The quantitative estimate of drug-likeness (QED) is 0.840. The van der Waals surface area contributed by atoms with E-state index in [0.717, 1.165) is 12.8 Å². The Morgan fingerprint density at radius 3 is 2.90 bits per heavy atom. The SMILES string of the molecule is COc1ccccc1OCC(=O)N1CCCC(C#N)C1. The zero-order valence-corrected chi connectivity index (χ0v) is 11.5. The number of methoxy groups -OCH3 is 1. The first kappa shape index (κ1) is 14.2. The highest BCUT2D eigenvalue weighted by Gasteiger charge is 2.23. The van der Waals surface area contributed by atoms with Gasteiger partial charge in [0.05, 0.1) is 19.1 Å². The van der Waals surface area contributed by atoms with Crippen molar-refractivity contribution >= 4 is 5.91 Å². The van der Waals surface area contributed by atoms with Crippen LogP contribution >= 0.6 is 0 Å². The fourth-order valence-electron chi connectivity index (χ4n) is 2.28. The predicted molar refractivity (Wildman–Crippen MR) is 73.4 cm³/mol. The van der Waals surface area contributed by atoms with Gasteiger partial charge in [0.1, 0.15) is 0 Å². The highest BCUT2D eigenvalue weighted by atomic mass is 16.5. The van der Waals surface area contributed by atoms with E-state index in [1.54, 1.807) is 24.1 Å². The van der Waals surface area contributed by atoms with Gasteiger partial charge < -0.3 is 14.4 Å². The molecule has 0 aliphatic carbocycles. The molecule has 0 N–H and O–H groups in total. The number of nitriles is 1. The first-order valence-electron chi connectivity index (χ1n) is 6.68. The number of amides is 1. The minimum Gasteiger partial charge on any atom is -0.493 e. The van der Waals surface area contributed by atoms with Crippen LogP contribution in [-0.4, -0.2) is 37.6 Å². The first-order chi connectivity index (χ1) is 9.74. The molecule has 1 fully saturated rings. The number of likely N-dealkylation sites (tertiary alicyclic amines) is 1. The van der Waals surface area contributed by atoms with Crippen LogP contribution in [0.1, 0.15) is 12.8 Å². The summed E-state index contributed by atoms with van der Waals surface area (Å²) in [5.41, 5.74) is 0. The molecule has 1 aliphatic heterocycles. The van der Waals surface area contributed by atoms with Crippen molar-refractivity contribution in [3.8, 4) is 17.6 Å². The van der Waals surface area contributed by atoms with Crippen molar-refractivity contribution in [3.05, 3.63) is 24.3 Å². The second kappa shape index (κ2) is 6.80. The van der Waals surface area contributed by atoms with Crippen molar-refractivity contribution in [1.29, 1.82) is 5.26 Å². The Balaban J connectivity index is 1.90. The van der Waals surface area contributed by atoms with E-state index in [4.69, 9.17) is 14.7 Å². The van der Waals surface area contributed by atoms with Crippen LogP contribution in [0.25, 0.3) is 0 Å². The van der Waals surface area contributed by atoms with Gasteiger partial charge in [-0.25, -0.2) is 0 Å². The average molecular weight is 274 g/mol. The third-order valence-corrected chi connectivity index (χ3v) is 3.38. The molecule has 1 unspecified atom stereocenters. The molecular weight excluding hydrogens is 256 g/mol. The van der Waals surface area contributed by atoms with Crippen LogP contribution in [-0.2, 0) is 4.79 Å². The summed E-state index contributed by atoms with van der Waals surface area (Å²) in [5, 5.41) is 8.93. The normalized spacial score (nSPS) is 18.2. The Labute approximate surface area is 118 Å². The summed E-state index contributed by atoms with van der Waals surface area (Å²) in [7, 11) is 1.56. The number of carbonyl (C=O) groups is 1. The number of carbonyl (C=O) groups excluding carboxylic acids is 1. The Morgan fingerprint density at radius 1 is 1.45 bits per heavy atom. The van der Waals surface area contributed by atoms with Crippen molar-refractivity contribution in [2.75, 3.05) is 26.8 Å². The molecule has 1 amide bonds. The number of piperidine rings is 1. The number of para-hydroxylation sites is 2. The van der Waals surface area contributed by atoms with E-state index in [9.17, 15) is 4.79 Å². The topological polar surface area (TPSA) is 62.6 Å². The molecule has 0 bridgehead atoms. The lowest BCUT2D eigenvalue weighted by molar-refractivity contribution is -0.134. The second-order valence-corrected chi connectivity index (χ2v) is 4.75. The van der Waals surface area contributed by atoms with E-state index < -0.39 is 0 Å². The maximum Gasteiger partial charge on any atom is 0.260 e. The lowest BCUT2D eigenvalue weighted by Crippen LogP contribution is -2.41. The molecule has 0 radical (unpaired) electrons. The molecule has 1 aliphatic rings. The first-order valence-corrected chi connectivity index (χ1v) is 6.68. The lowest BCUT2D eigenvalue weighted by Gasteiger charge is -2.29. The highest BCUT2D eigenvalue weighted by Crippen LogP contribution is 2.25. The molecule has 1 heterocycles. The van der Waals surface area contributed by atoms with Gasteiger partial charge in [-0.2, -0.15) is 5.26 Å². The monoisotopic (exact) mass is 274 g/mol. The Hall–Kier alpha value is -2.22. The van der Waals surface area contributed by atoms with Gasteiger partial charge in [0.15, 0.2) is 18.1 Å². The average Bonchev–Trinajstić information content (AvgIpc) is 2.52. The van der Waals surface area contributed by atoms with Gasteiger partial charge in [-0.3, -0.25) is 4.79 Å². The van der Waals surface area contributed by atoms with Crippen molar-refractivity contribution in [3.63, 3.8) is 0 Å². The van der Waals surface area contributed by atoms with Crippen molar-refractivity contribution < 1.29 is 14.3 Å². The molecule has 1 saturated heterocycles. The highest BCUT2D eigenvalue weighted by molar-refractivity contribution is 5.78. The molecule has 5 nitrogen and oxygen atoms in total. The fraction of sp³-hybridized carbons (Fsp3) is 0.467. The zero-order valence-electron chi connectivity index (χ0n) is 11.5. The maximum atomic E-state index is 12.1. The summed E-state index contributed by atoms with van der Waals surface area (Å²) in [4.78, 5) is 13.8. The minimum absolute atomic E-state index is 0.0292. The van der Waals surface area contributed by atoms with Crippen molar-refractivity contribution in [1.82, 2.24) is 4.90 Å². The smallest absolute Gasteiger partial charge is 0.260 e. The molecule has 0 aromatic heterocycles. The number of hydrogen-bond donors (Lipinski definition) is 0. The van der Waals surface area contributed by atoms with Gasteiger partial charge in [0.2, 0.25) is 0 Å². The van der Waals surface area contributed by atoms with E-state index in [1.165, 1.54) is 0 Å². The van der Waals surface area contributed by atoms with Crippen LogP contribution in [0, 0.1) is 17.2 Å². The van der Waals surface area contributed by atoms with Gasteiger partial charge in [-0.1, -0.05) is 12.1 Å². The molecule has 106 valence electrons. The van der Waals surface area contributed by atoms with Crippen LogP contribution in [0.5, 0.6) is 11.5 Å². The largest absolute Gasteiger partial charge is 0.493 e. The van der Waals surface area contributed by atoms with Crippen LogP contribution in [0.3, 0.4) is 0 Å². The number of hydrogen-bond acceptors (Lipinski definition) is 4. The number of ether oxygens (including phenoxy) is 2. The molecule has 1 aromatic rings. The molecular formula is C15H18N2O3. The zero-order chi connectivity index (χ0) is 14.4. The predicted octanol–water partition coefficient (Wildman–Crippen LogP) is 1.84. The van der Waals surface area contributed by atoms with Crippen LogP contribution in [0.4, 0.5) is 0 Å². The molecule has 0 spiro atoms. The lowest BCUT2D eigenvalue weighted by atomic mass is 10.00. The number of benzene rings is 1. The Bertz CT molecular complexity index is 510. The van der Waals surface area contributed by atoms with Crippen LogP contribution < -0.4 is 9.47 Å². The third kappa shape index (κ3) is 3.41. The standard InChI is InChI=1S/C15H18N2O3/c1-19-13-6-2-3-7-14(13)20-11-15(18)17-8-4-5-12(9-16)10-17/h2-3,6-7,12H,4-5,8,10-11H2,1H3. The van der Waals surface area contributed by atoms with E-state index in [2.05, 4.69) is 6.07 Å². The van der Waals surface area contributed by atoms with Gasteiger partial charge in [0, 0.05) is 13.1 Å². The van der Waals surface area contributed by atoms with Gasteiger partial charge >= 0.3 is 0 Å². The molecule has 5 heteroatoms. The summed E-state index contributed by atoms with van der Waals surface area (Å²) >= 11 is 0. The van der Waals surface area contributed by atoms with Gasteiger partial charge in [0.25, 0.3) is 5.91 Å². The van der Waals surface area contributed by atoms with Crippen molar-refractivity contribution in [2.24, 2.45) is 5.92 Å². The minimum atomic E-state index is -0.0872. The van der Waals surface area contributed by atoms with E-state index in [0.29, 0.717) is 24.6 Å². The number of rotatable bonds is 4. The third-order valence-electron chi connectivity index (χ3n) is 3.38. The van der Waals surface area contributed by atoms with E-state index >= 15 is 0 Å². The molecule has 1 aromatic carbocycles. The molecule has 20 heavy (non-hydrogen) atoms. The summed E-state index contributed by atoms with van der Waals surface area (Å²) in [6.45, 7) is 1.18. The molecule has 0 saturated carbocycles. The summed E-state index contributed by atoms with van der Waals surface area (Å²) in [6, 6.07) is 9.45. The van der Waals surface area contributed by atoms with Crippen molar-refractivity contribution in [2.45, 2.75) is 12.8 Å². The summed E-state index contributed by atoms with van der Waals surface area (Å²) in [5.74, 6) is 1.01. The van der Waals surface area contributed by atoms with E-state index in [-0.39, 0.29) is 18.4 Å². The number of nitrogens with zero attached hydrogens (tertiary/aromatic N) is 2. The van der Waals surface area contributed by atoms with E-state index in [1.807, 2.05) is 12.1 Å². The molecule has 1 atom stereocenters. The Morgan fingerprint density at radius 2 is 2.20 bits per heavy atom. The summed E-state index contributed by atoms with van der Waals surface area (Å²) < 4.78 is 10.7.